The summed E-state index contributed by atoms with van der Waals surface area (Å²) in [6, 6.07) is 17.8. The molecule has 0 radical (unpaired) electrons. The highest BCUT2D eigenvalue weighted by Crippen LogP contribution is 2.24. The molecule has 3 aromatic rings. The van der Waals surface area contributed by atoms with Crippen molar-refractivity contribution in [2.24, 2.45) is 0 Å². The first-order chi connectivity index (χ1) is 13.6. The van der Waals surface area contributed by atoms with Gasteiger partial charge in [-0.1, -0.05) is 31.2 Å². The molecule has 28 heavy (non-hydrogen) atoms. The summed E-state index contributed by atoms with van der Waals surface area (Å²) < 4.78 is 11.2. The zero-order chi connectivity index (χ0) is 19.9. The summed E-state index contributed by atoms with van der Waals surface area (Å²) >= 11 is 1.64. The minimum Gasteiger partial charge on any atom is -0.497 e. The topological polar surface area (TPSA) is 51.5 Å². The van der Waals surface area contributed by atoms with Crippen LogP contribution in [0.25, 0.3) is 11.1 Å². The van der Waals surface area contributed by atoms with Crippen molar-refractivity contribution in [2.75, 3.05) is 18.7 Å². The molecule has 3 rings (SSSR count). The molecular weight excluding hydrogens is 370 g/mol. The number of nitrogens with one attached hydrogen (secondary N) is 1. The number of hydrogen-bond acceptors (Lipinski definition) is 5. The Morgan fingerprint density at radius 1 is 1.04 bits per heavy atom. The molecule has 0 bridgehead atoms. The van der Waals surface area contributed by atoms with E-state index in [2.05, 4.69) is 17.4 Å². The van der Waals surface area contributed by atoms with Crippen molar-refractivity contribution in [3.05, 3.63) is 81.9 Å². The molecule has 0 spiro atoms. The van der Waals surface area contributed by atoms with E-state index in [0.29, 0.717) is 18.7 Å². The van der Waals surface area contributed by atoms with Gasteiger partial charge in [-0.3, -0.25) is 4.79 Å². The predicted molar refractivity (Wildman–Crippen MR) is 117 cm³/mol. The number of rotatable bonds is 8. The van der Waals surface area contributed by atoms with Gasteiger partial charge >= 0.3 is 0 Å². The van der Waals surface area contributed by atoms with Crippen LogP contribution < -0.4 is 15.5 Å². The Labute approximate surface area is 169 Å². The number of ether oxygens (including phenoxy) is 1. The lowest BCUT2D eigenvalue weighted by atomic mass is 10.1. The molecule has 0 amide bonds. The van der Waals surface area contributed by atoms with Gasteiger partial charge in [0.05, 0.1) is 19.4 Å². The molecule has 146 valence electrons. The van der Waals surface area contributed by atoms with Gasteiger partial charge in [0, 0.05) is 17.3 Å². The third-order valence-corrected chi connectivity index (χ3v) is 5.16. The quantitative estimate of drug-likeness (QED) is 0.557. The Morgan fingerprint density at radius 3 is 2.25 bits per heavy atom. The summed E-state index contributed by atoms with van der Waals surface area (Å²) in [6.07, 6.45) is 2.66. The molecule has 1 heterocycles. The second-order valence-electron chi connectivity index (χ2n) is 6.42. The fraction of sp³-hybridized carbons (Fsp3) is 0.261. The first-order valence-electron chi connectivity index (χ1n) is 9.26. The summed E-state index contributed by atoms with van der Waals surface area (Å²) in [4.78, 5) is 12.3. The lowest BCUT2D eigenvalue weighted by molar-refractivity contribution is 0.415. The number of thioether (sulfide) groups is 1. The van der Waals surface area contributed by atoms with Gasteiger partial charge in [-0.15, -0.1) is 0 Å². The Morgan fingerprint density at radius 2 is 1.68 bits per heavy atom. The predicted octanol–water partition coefficient (Wildman–Crippen LogP) is 5.35. The van der Waals surface area contributed by atoms with Crippen molar-refractivity contribution < 1.29 is 9.15 Å². The fourth-order valence-electron chi connectivity index (χ4n) is 3.09. The molecule has 0 fully saturated rings. The second kappa shape index (κ2) is 9.51. The summed E-state index contributed by atoms with van der Waals surface area (Å²) in [5, 5.41) is 3.37. The Kier molecular flexibility index (Phi) is 6.82. The Balaban J connectivity index is 1.73. The molecule has 1 N–H and O–H groups in total. The van der Waals surface area contributed by atoms with E-state index < -0.39 is 0 Å². The van der Waals surface area contributed by atoms with Crippen LogP contribution in [0.5, 0.6) is 5.75 Å². The zero-order valence-electron chi connectivity index (χ0n) is 16.5. The van der Waals surface area contributed by atoms with E-state index in [9.17, 15) is 4.79 Å². The maximum atomic E-state index is 12.3. The first kappa shape index (κ1) is 20.1. The Hall–Kier alpha value is -2.66. The largest absolute Gasteiger partial charge is 0.497 e. The normalized spacial score (nSPS) is 10.7. The second-order valence-corrected chi connectivity index (χ2v) is 7.29. The summed E-state index contributed by atoms with van der Waals surface area (Å²) in [6.45, 7) is 2.47. The third-order valence-electron chi connectivity index (χ3n) is 4.58. The van der Waals surface area contributed by atoms with Crippen LogP contribution in [-0.4, -0.2) is 13.4 Å². The van der Waals surface area contributed by atoms with Crippen LogP contribution in [0.2, 0.25) is 0 Å². The summed E-state index contributed by atoms with van der Waals surface area (Å²) in [5.74, 6) is 2.99. The van der Waals surface area contributed by atoms with Crippen LogP contribution in [-0.2, 0) is 18.7 Å². The van der Waals surface area contributed by atoms with Crippen molar-refractivity contribution in [2.45, 2.75) is 25.6 Å². The molecule has 0 aliphatic heterocycles. The molecule has 0 atom stereocenters. The number of hydrogen-bond donors (Lipinski definition) is 1. The average molecular weight is 396 g/mol. The number of benzene rings is 2. The first-order valence-corrected chi connectivity index (χ1v) is 10.7. The lowest BCUT2D eigenvalue weighted by Crippen LogP contribution is -2.14. The van der Waals surface area contributed by atoms with Gasteiger partial charge in [0.25, 0.3) is 0 Å². The Bertz CT molecular complexity index is 963. The molecule has 4 nitrogen and oxygen atoms in total. The molecular formula is C23H25NO3S. The molecule has 5 heteroatoms. The monoisotopic (exact) mass is 395 g/mol. The van der Waals surface area contributed by atoms with Crippen LogP contribution in [0.15, 0.2) is 63.8 Å². The molecule has 0 aliphatic rings. The van der Waals surface area contributed by atoms with Gasteiger partial charge in [-0.25, -0.2) is 0 Å². The molecule has 1 aromatic heterocycles. The summed E-state index contributed by atoms with van der Waals surface area (Å²) in [5.41, 5.74) is 4.06. The van der Waals surface area contributed by atoms with Gasteiger partial charge < -0.3 is 14.5 Å². The van der Waals surface area contributed by atoms with Crippen molar-refractivity contribution in [1.29, 1.82) is 0 Å². The van der Waals surface area contributed by atoms with Gasteiger partial charge in [0.15, 0.2) is 5.43 Å². The average Bonchev–Trinajstić information content (AvgIpc) is 2.73. The lowest BCUT2D eigenvalue weighted by Gasteiger charge is -2.11. The van der Waals surface area contributed by atoms with Crippen LogP contribution >= 0.6 is 11.8 Å². The van der Waals surface area contributed by atoms with Gasteiger partial charge in [0.2, 0.25) is 0 Å². The molecule has 0 unspecified atom stereocenters. The van der Waals surface area contributed by atoms with E-state index in [-0.39, 0.29) is 5.43 Å². The van der Waals surface area contributed by atoms with Crippen molar-refractivity contribution >= 4 is 17.4 Å². The SMILES string of the molecule is CCc1c(CNc2ccc(-c3ccc(OC)cc3)cc2)oc(CSC)cc1=O. The highest BCUT2D eigenvalue weighted by atomic mass is 32.2. The van der Waals surface area contributed by atoms with Crippen LogP contribution in [0.1, 0.15) is 24.0 Å². The van der Waals surface area contributed by atoms with Crippen LogP contribution in [0.3, 0.4) is 0 Å². The summed E-state index contributed by atoms with van der Waals surface area (Å²) in [7, 11) is 1.66. The smallest absolute Gasteiger partial charge is 0.188 e. The minimum atomic E-state index is 0.0597. The molecule has 0 aliphatic carbocycles. The van der Waals surface area contributed by atoms with E-state index in [0.717, 1.165) is 39.6 Å². The third kappa shape index (κ3) is 4.78. The van der Waals surface area contributed by atoms with Crippen molar-refractivity contribution in [1.82, 2.24) is 0 Å². The van der Waals surface area contributed by atoms with E-state index in [1.807, 2.05) is 49.6 Å². The van der Waals surface area contributed by atoms with Gasteiger partial charge in [0.1, 0.15) is 17.3 Å². The maximum Gasteiger partial charge on any atom is 0.188 e. The standard InChI is InChI=1S/C23H25NO3S/c1-4-21-22(25)13-20(15-28-3)27-23(21)14-24-18-9-5-16(6-10-18)17-7-11-19(26-2)12-8-17/h5-13,24H,4,14-15H2,1-3H3. The molecule has 0 saturated heterocycles. The van der Waals surface area contributed by atoms with Crippen molar-refractivity contribution in [3.8, 4) is 16.9 Å². The highest BCUT2D eigenvalue weighted by Gasteiger charge is 2.11. The zero-order valence-corrected chi connectivity index (χ0v) is 17.3. The van der Waals surface area contributed by atoms with E-state index >= 15 is 0 Å². The minimum absolute atomic E-state index is 0.0597. The van der Waals surface area contributed by atoms with Crippen LogP contribution in [0, 0.1) is 0 Å². The van der Waals surface area contributed by atoms with E-state index in [1.54, 1.807) is 24.9 Å². The molecule has 0 saturated carbocycles. The fourth-order valence-corrected chi connectivity index (χ4v) is 3.52. The van der Waals surface area contributed by atoms with Crippen molar-refractivity contribution in [3.63, 3.8) is 0 Å². The van der Waals surface area contributed by atoms with E-state index in [1.165, 1.54) is 0 Å². The van der Waals surface area contributed by atoms with Crippen LogP contribution in [0.4, 0.5) is 5.69 Å². The highest BCUT2D eigenvalue weighted by molar-refractivity contribution is 7.97. The van der Waals surface area contributed by atoms with E-state index in [4.69, 9.17) is 9.15 Å². The van der Waals surface area contributed by atoms with Gasteiger partial charge in [-0.2, -0.15) is 11.8 Å². The number of anilines is 1. The maximum absolute atomic E-state index is 12.3. The molecule has 2 aromatic carbocycles. The number of methoxy groups -OCH3 is 1. The van der Waals surface area contributed by atoms with Gasteiger partial charge in [-0.05, 0) is 48.1 Å².